The van der Waals surface area contributed by atoms with Crippen LogP contribution in [0.1, 0.15) is 20.8 Å². The van der Waals surface area contributed by atoms with Gasteiger partial charge in [-0.2, -0.15) is 0 Å². The normalized spacial score (nSPS) is 14.9. The van der Waals surface area contributed by atoms with E-state index in [1.807, 2.05) is 37.3 Å². The maximum absolute atomic E-state index is 12.6. The molecule has 2 atom stereocenters. The van der Waals surface area contributed by atoms with Crippen LogP contribution in [-0.4, -0.2) is 33.6 Å². The highest BCUT2D eigenvalue weighted by Gasteiger charge is 2.19. The molecule has 0 aliphatic carbocycles. The predicted octanol–water partition coefficient (Wildman–Crippen LogP) is 2.08. The first kappa shape index (κ1) is 18.9. The molecule has 0 heterocycles. The molecule has 6 heteroatoms. The lowest BCUT2D eigenvalue weighted by Gasteiger charge is -2.23. The molecule has 5 nitrogen and oxygen atoms in total. The number of nitrogens with one attached hydrogen (secondary N) is 2. The van der Waals surface area contributed by atoms with Crippen molar-refractivity contribution >= 4 is 20.8 Å². The third kappa shape index (κ3) is 4.77. The number of hydrogen-bond donors (Lipinski definition) is 3. The maximum atomic E-state index is 12.6. The van der Waals surface area contributed by atoms with Gasteiger partial charge < -0.3 is 11.1 Å². The summed E-state index contributed by atoms with van der Waals surface area (Å²) in [6.45, 7) is 7.09. The van der Waals surface area contributed by atoms with Gasteiger partial charge in [-0.1, -0.05) is 44.2 Å². The summed E-state index contributed by atoms with van der Waals surface area (Å²) in [6.07, 6.45) is 0. The molecule has 0 bridgehead atoms. The Morgan fingerprint density at radius 2 is 1.71 bits per heavy atom. The van der Waals surface area contributed by atoms with E-state index in [1.165, 1.54) is 0 Å². The molecule has 0 aromatic heterocycles. The Hall–Kier alpha value is -1.47. The molecular weight excluding hydrogens is 322 g/mol. The second kappa shape index (κ2) is 8.07. The molecule has 132 valence electrons. The molecule has 2 aromatic rings. The van der Waals surface area contributed by atoms with Gasteiger partial charge in [-0.05, 0) is 35.7 Å². The molecular formula is C18H27N3O2S. The van der Waals surface area contributed by atoms with Crippen molar-refractivity contribution < 1.29 is 8.42 Å². The molecule has 4 N–H and O–H groups in total. The summed E-state index contributed by atoms with van der Waals surface area (Å²) in [6, 6.07) is 12.8. The summed E-state index contributed by atoms with van der Waals surface area (Å²) in [5, 5.41) is 5.25. The minimum Gasteiger partial charge on any atom is -0.329 e. The molecule has 2 rings (SSSR count). The van der Waals surface area contributed by atoms with Crippen LogP contribution in [0.5, 0.6) is 0 Å². The lowest BCUT2D eigenvalue weighted by atomic mass is 10.0. The molecule has 0 radical (unpaired) electrons. The first-order valence-corrected chi connectivity index (χ1v) is 9.76. The fourth-order valence-electron chi connectivity index (χ4n) is 2.63. The van der Waals surface area contributed by atoms with Crippen molar-refractivity contribution in [1.29, 1.82) is 0 Å². The number of rotatable bonds is 8. The second-order valence-corrected chi connectivity index (χ2v) is 8.24. The van der Waals surface area contributed by atoms with Crippen LogP contribution >= 0.6 is 0 Å². The topological polar surface area (TPSA) is 84.2 Å². The smallest absolute Gasteiger partial charge is 0.240 e. The van der Waals surface area contributed by atoms with E-state index in [2.05, 4.69) is 23.9 Å². The van der Waals surface area contributed by atoms with Crippen molar-refractivity contribution in [1.82, 2.24) is 10.0 Å². The Labute approximate surface area is 144 Å². The summed E-state index contributed by atoms with van der Waals surface area (Å²) in [5.41, 5.74) is 5.73. The molecule has 0 amide bonds. The van der Waals surface area contributed by atoms with Crippen LogP contribution in [0.25, 0.3) is 10.8 Å². The highest BCUT2D eigenvalue weighted by atomic mass is 32.2. The summed E-state index contributed by atoms with van der Waals surface area (Å²) >= 11 is 0. The fourth-order valence-corrected chi connectivity index (χ4v) is 3.91. The number of nitrogens with two attached hydrogens (primary N) is 1. The van der Waals surface area contributed by atoms with Gasteiger partial charge in [0.15, 0.2) is 0 Å². The van der Waals surface area contributed by atoms with Crippen molar-refractivity contribution in [3.8, 4) is 0 Å². The number of hydrogen-bond acceptors (Lipinski definition) is 4. The van der Waals surface area contributed by atoms with E-state index in [0.29, 0.717) is 19.0 Å². The average Bonchev–Trinajstić information content (AvgIpc) is 2.54. The SMILES string of the molecule is CC(CNC(CN)C(C)C)NS(=O)(=O)c1ccc2ccccc2c1. The molecule has 0 saturated heterocycles. The van der Waals surface area contributed by atoms with Crippen LogP contribution in [0.3, 0.4) is 0 Å². The predicted molar refractivity (Wildman–Crippen MR) is 99.4 cm³/mol. The van der Waals surface area contributed by atoms with Gasteiger partial charge in [-0.3, -0.25) is 0 Å². The molecule has 24 heavy (non-hydrogen) atoms. The third-order valence-electron chi connectivity index (χ3n) is 4.13. The first-order valence-electron chi connectivity index (χ1n) is 8.28. The summed E-state index contributed by atoms with van der Waals surface area (Å²) in [4.78, 5) is 0.285. The van der Waals surface area contributed by atoms with Gasteiger partial charge in [0.2, 0.25) is 10.0 Å². The van der Waals surface area contributed by atoms with E-state index < -0.39 is 10.0 Å². The zero-order valence-electron chi connectivity index (χ0n) is 14.5. The van der Waals surface area contributed by atoms with E-state index >= 15 is 0 Å². The molecule has 0 fully saturated rings. The molecule has 2 aromatic carbocycles. The van der Waals surface area contributed by atoms with Crippen LogP contribution < -0.4 is 15.8 Å². The zero-order valence-corrected chi connectivity index (χ0v) is 15.3. The standard InChI is InChI=1S/C18H27N3O2S/c1-13(2)18(11-19)20-12-14(3)21-24(22,23)17-9-8-15-6-4-5-7-16(15)10-17/h4-10,13-14,18,20-21H,11-12,19H2,1-3H3. The van der Waals surface area contributed by atoms with Crippen molar-refractivity contribution in [2.75, 3.05) is 13.1 Å². The number of benzene rings is 2. The number of fused-ring (bicyclic) bond motifs is 1. The zero-order chi connectivity index (χ0) is 17.7. The molecule has 0 aliphatic rings. The Morgan fingerprint density at radius 3 is 2.33 bits per heavy atom. The molecule has 2 unspecified atom stereocenters. The average molecular weight is 350 g/mol. The van der Waals surface area contributed by atoms with E-state index in [0.717, 1.165) is 10.8 Å². The summed E-state index contributed by atoms with van der Waals surface area (Å²) in [7, 11) is -3.55. The quantitative estimate of drug-likeness (QED) is 0.681. The number of sulfonamides is 1. The lowest BCUT2D eigenvalue weighted by molar-refractivity contribution is 0.391. The molecule has 0 aliphatic heterocycles. The van der Waals surface area contributed by atoms with E-state index in [9.17, 15) is 8.42 Å². The summed E-state index contributed by atoms with van der Waals surface area (Å²) in [5.74, 6) is 0.402. The van der Waals surface area contributed by atoms with Crippen molar-refractivity contribution in [3.05, 3.63) is 42.5 Å². The monoisotopic (exact) mass is 349 g/mol. The van der Waals surface area contributed by atoms with Gasteiger partial charge in [0, 0.05) is 25.2 Å². The minimum atomic E-state index is -3.55. The molecule has 0 spiro atoms. The van der Waals surface area contributed by atoms with Gasteiger partial charge in [0.25, 0.3) is 0 Å². The van der Waals surface area contributed by atoms with Crippen molar-refractivity contribution in [2.24, 2.45) is 11.7 Å². The van der Waals surface area contributed by atoms with E-state index in [-0.39, 0.29) is 17.0 Å². The van der Waals surface area contributed by atoms with Crippen LogP contribution in [0, 0.1) is 5.92 Å². The van der Waals surface area contributed by atoms with Crippen LogP contribution in [0.2, 0.25) is 0 Å². The van der Waals surface area contributed by atoms with E-state index in [1.54, 1.807) is 12.1 Å². The summed E-state index contributed by atoms with van der Waals surface area (Å²) < 4.78 is 27.9. The fraction of sp³-hybridized carbons (Fsp3) is 0.444. The van der Waals surface area contributed by atoms with E-state index in [4.69, 9.17) is 5.73 Å². The Morgan fingerprint density at radius 1 is 1.04 bits per heavy atom. The van der Waals surface area contributed by atoms with Gasteiger partial charge in [-0.15, -0.1) is 0 Å². The van der Waals surface area contributed by atoms with Crippen LogP contribution in [-0.2, 0) is 10.0 Å². The maximum Gasteiger partial charge on any atom is 0.240 e. The first-order chi connectivity index (χ1) is 11.3. The largest absolute Gasteiger partial charge is 0.329 e. The van der Waals surface area contributed by atoms with Crippen molar-refractivity contribution in [2.45, 2.75) is 37.8 Å². The second-order valence-electron chi connectivity index (χ2n) is 6.53. The molecule has 0 saturated carbocycles. The van der Waals surface area contributed by atoms with Gasteiger partial charge in [0.05, 0.1) is 4.90 Å². The highest BCUT2D eigenvalue weighted by Crippen LogP contribution is 2.19. The van der Waals surface area contributed by atoms with Gasteiger partial charge >= 0.3 is 0 Å². The highest BCUT2D eigenvalue weighted by molar-refractivity contribution is 7.89. The Bertz CT molecular complexity index is 775. The van der Waals surface area contributed by atoms with Crippen LogP contribution in [0.15, 0.2) is 47.4 Å². The Balaban J connectivity index is 2.06. The van der Waals surface area contributed by atoms with Crippen molar-refractivity contribution in [3.63, 3.8) is 0 Å². The van der Waals surface area contributed by atoms with Gasteiger partial charge in [-0.25, -0.2) is 13.1 Å². The minimum absolute atomic E-state index is 0.178. The lowest BCUT2D eigenvalue weighted by Crippen LogP contribution is -2.47. The van der Waals surface area contributed by atoms with Crippen LogP contribution in [0.4, 0.5) is 0 Å². The Kier molecular flexibility index (Phi) is 6.34. The third-order valence-corrected chi connectivity index (χ3v) is 5.72. The van der Waals surface area contributed by atoms with Gasteiger partial charge in [0.1, 0.15) is 0 Å².